The number of H-pyrrole nitrogens is 1. The molecular weight excluding hydrogens is 357 g/mol. The monoisotopic (exact) mass is 366 g/mol. The lowest BCUT2D eigenvalue weighted by Gasteiger charge is -2.10. The molecule has 0 unspecified atom stereocenters. The number of nitrogens with zero attached hydrogens (tertiary/aromatic N) is 2. The first-order valence-electron chi connectivity index (χ1n) is 7.03. The normalized spacial score (nSPS) is 10.9. The molecule has 1 amide bonds. The molecular formula is C15H9F3N4O4. The predicted octanol–water partition coefficient (Wildman–Crippen LogP) is 0.921. The van der Waals surface area contributed by atoms with E-state index < -0.39 is 52.4 Å². The van der Waals surface area contributed by atoms with Gasteiger partial charge in [0.25, 0.3) is 5.91 Å². The number of carboxylic acid groups (broad SMARTS) is 1. The highest BCUT2D eigenvalue weighted by Crippen LogP contribution is 2.25. The molecule has 0 saturated carbocycles. The summed E-state index contributed by atoms with van der Waals surface area (Å²) in [5.41, 5.74) is -2.53. The number of aromatic amines is 1. The Labute approximate surface area is 141 Å². The summed E-state index contributed by atoms with van der Waals surface area (Å²) in [7, 11) is 0. The van der Waals surface area contributed by atoms with Crippen molar-refractivity contribution >= 4 is 17.5 Å². The lowest BCUT2D eigenvalue weighted by Crippen LogP contribution is -2.33. The number of amides is 1. The van der Waals surface area contributed by atoms with Crippen LogP contribution >= 0.6 is 0 Å². The van der Waals surface area contributed by atoms with Crippen LogP contribution in [0, 0.1) is 17.5 Å². The number of aliphatic carboxylic acids is 1. The molecule has 8 nitrogen and oxygen atoms in total. The van der Waals surface area contributed by atoms with Crippen LogP contribution in [-0.2, 0) is 4.79 Å². The summed E-state index contributed by atoms with van der Waals surface area (Å²) >= 11 is 0. The average Bonchev–Trinajstić information content (AvgIpc) is 3.04. The van der Waals surface area contributed by atoms with Gasteiger partial charge >= 0.3 is 5.97 Å². The van der Waals surface area contributed by atoms with Gasteiger partial charge in [-0.3, -0.25) is 19.5 Å². The minimum absolute atomic E-state index is 0.264. The molecule has 26 heavy (non-hydrogen) atoms. The molecule has 0 aliphatic rings. The van der Waals surface area contributed by atoms with E-state index in [1.54, 1.807) is 0 Å². The summed E-state index contributed by atoms with van der Waals surface area (Å²) in [5, 5.41) is 13.1. The highest BCUT2D eigenvalue weighted by Gasteiger charge is 2.22. The van der Waals surface area contributed by atoms with Crippen molar-refractivity contribution in [3.63, 3.8) is 0 Å². The number of aromatic nitrogens is 3. The first-order valence-corrected chi connectivity index (χ1v) is 7.03. The van der Waals surface area contributed by atoms with Gasteiger partial charge < -0.3 is 10.4 Å². The lowest BCUT2D eigenvalue weighted by molar-refractivity contribution is -0.135. The molecule has 0 saturated heterocycles. The summed E-state index contributed by atoms with van der Waals surface area (Å²) in [4.78, 5) is 38.7. The molecule has 11 heteroatoms. The van der Waals surface area contributed by atoms with Crippen LogP contribution in [0.4, 0.5) is 13.2 Å². The molecule has 2 heterocycles. The molecule has 3 aromatic rings. The third-order valence-electron chi connectivity index (χ3n) is 3.46. The number of halogens is 3. The van der Waals surface area contributed by atoms with Crippen LogP contribution in [0.1, 0.15) is 10.4 Å². The number of fused-ring (bicyclic) bond motifs is 1. The van der Waals surface area contributed by atoms with Gasteiger partial charge in [0.2, 0.25) is 0 Å². The first-order chi connectivity index (χ1) is 12.3. The smallest absolute Gasteiger partial charge is 0.322 e. The van der Waals surface area contributed by atoms with E-state index in [0.717, 1.165) is 16.9 Å². The van der Waals surface area contributed by atoms with E-state index in [-0.39, 0.29) is 11.3 Å². The maximum atomic E-state index is 14.1. The fourth-order valence-electron chi connectivity index (χ4n) is 2.40. The van der Waals surface area contributed by atoms with Crippen LogP contribution in [0.5, 0.6) is 0 Å². The van der Waals surface area contributed by atoms with Crippen LogP contribution in [0.2, 0.25) is 0 Å². The van der Waals surface area contributed by atoms with Crippen molar-refractivity contribution in [1.29, 1.82) is 0 Å². The van der Waals surface area contributed by atoms with Crippen molar-refractivity contribution in [2.75, 3.05) is 6.54 Å². The van der Waals surface area contributed by atoms with Crippen molar-refractivity contribution in [3.05, 3.63) is 57.8 Å². The van der Waals surface area contributed by atoms with E-state index in [1.165, 1.54) is 0 Å². The third-order valence-corrected chi connectivity index (χ3v) is 3.46. The Morgan fingerprint density at radius 1 is 1.23 bits per heavy atom. The molecule has 2 aromatic heterocycles. The standard InChI is InChI=1S/C15H9F3N4O4/c16-6-1-7(13(18)8(17)2-6)9-3-10(23)12(14-20-5-21-22(9)14)15(26)19-4-11(24)25/h1-3,5H,4H2,(H,19,26)(H,20,21)(H,24,25). The largest absolute Gasteiger partial charge is 0.480 e. The van der Waals surface area contributed by atoms with E-state index >= 15 is 0 Å². The van der Waals surface area contributed by atoms with Crippen molar-refractivity contribution in [3.8, 4) is 11.3 Å². The van der Waals surface area contributed by atoms with E-state index in [0.29, 0.717) is 12.1 Å². The van der Waals surface area contributed by atoms with Crippen molar-refractivity contribution in [1.82, 2.24) is 19.9 Å². The zero-order valence-electron chi connectivity index (χ0n) is 12.7. The fraction of sp³-hybridized carbons (Fsp3) is 0.0667. The van der Waals surface area contributed by atoms with Crippen LogP contribution in [0.25, 0.3) is 16.9 Å². The van der Waals surface area contributed by atoms with Crippen LogP contribution in [0.15, 0.2) is 29.3 Å². The summed E-state index contributed by atoms with van der Waals surface area (Å²) in [6.45, 7) is -0.736. The van der Waals surface area contributed by atoms with Crippen molar-refractivity contribution in [2.45, 2.75) is 0 Å². The Bertz CT molecular complexity index is 1110. The second-order valence-electron chi connectivity index (χ2n) is 5.14. The third kappa shape index (κ3) is 2.90. The molecule has 0 spiro atoms. The number of carbonyl (C=O) groups is 2. The Balaban J connectivity index is 2.22. The van der Waals surface area contributed by atoms with E-state index in [9.17, 15) is 27.6 Å². The first kappa shape index (κ1) is 17.2. The quantitative estimate of drug-likeness (QED) is 0.594. The van der Waals surface area contributed by atoms with Crippen LogP contribution < -0.4 is 10.7 Å². The molecule has 0 aliphatic carbocycles. The van der Waals surface area contributed by atoms with Crippen LogP contribution in [-0.4, -0.2) is 38.1 Å². The molecule has 0 bridgehead atoms. The second-order valence-corrected chi connectivity index (χ2v) is 5.14. The number of hydrogen-bond acceptors (Lipinski definition) is 4. The summed E-state index contributed by atoms with van der Waals surface area (Å²) in [6.07, 6.45) is 1.07. The number of hydrogen-bond donors (Lipinski definition) is 3. The van der Waals surface area contributed by atoms with Crippen molar-refractivity contribution in [2.24, 2.45) is 0 Å². The number of pyridine rings is 1. The highest BCUT2D eigenvalue weighted by molar-refractivity contribution is 6.01. The van der Waals surface area contributed by atoms with Gasteiger partial charge in [-0.05, 0) is 6.07 Å². The number of carbonyl (C=O) groups excluding carboxylic acids is 1. The fourth-order valence-corrected chi connectivity index (χ4v) is 2.40. The molecule has 3 N–H and O–H groups in total. The molecule has 0 fully saturated rings. The Kier molecular flexibility index (Phi) is 4.20. The SMILES string of the molecule is O=C(O)CNC(=O)c1c(=O)cc(-c2cc(F)cc(F)c2F)n2[nH]cnc12. The maximum Gasteiger partial charge on any atom is 0.322 e. The van der Waals surface area contributed by atoms with E-state index in [2.05, 4.69) is 10.1 Å². The number of benzene rings is 1. The highest BCUT2D eigenvalue weighted by atomic mass is 19.2. The molecule has 1 aromatic carbocycles. The zero-order chi connectivity index (χ0) is 19.0. The Hall–Kier alpha value is -3.63. The summed E-state index contributed by atoms with van der Waals surface area (Å²) < 4.78 is 42.0. The second kappa shape index (κ2) is 6.35. The zero-order valence-corrected chi connectivity index (χ0v) is 12.7. The number of rotatable bonds is 4. The molecule has 0 radical (unpaired) electrons. The molecule has 3 rings (SSSR count). The predicted molar refractivity (Wildman–Crippen MR) is 81.1 cm³/mol. The number of nitrogens with one attached hydrogen (secondary N) is 2. The maximum absolute atomic E-state index is 14.1. The van der Waals surface area contributed by atoms with Crippen LogP contribution in [0.3, 0.4) is 0 Å². The van der Waals surface area contributed by atoms with E-state index in [1.807, 2.05) is 5.32 Å². The topological polar surface area (TPSA) is 117 Å². The van der Waals surface area contributed by atoms with Gasteiger partial charge in [-0.15, -0.1) is 0 Å². The van der Waals surface area contributed by atoms with E-state index in [4.69, 9.17) is 5.11 Å². The van der Waals surface area contributed by atoms with Gasteiger partial charge in [-0.2, -0.15) is 0 Å². The van der Waals surface area contributed by atoms with Gasteiger partial charge in [0.1, 0.15) is 24.3 Å². The summed E-state index contributed by atoms with van der Waals surface area (Å²) in [5.74, 6) is -6.26. The van der Waals surface area contributed by atoms with Crippen molar-refractivity contribution < 1.29 is 27.9 Å². The minimum Gasteiger partial charge on any atom is -0.480 e. The summed E-state index contributed by atoms with van der Waals surface area (Å²) in [6, 6.07) is 1.82. The Morgan fingerprint density at radius 3 is 2.65 bits per heavy atom. The van der Waals surface area contributed by atoms with Gasteiger partial charge in [-0.1, -0.05) is 0 Å². The van der Waals surface area contributed by atoms with Gasteiger partial charge in [0.15, 0.2) is 22.7 Å². The Morgan fingerprint density at radius 2 is 1.96 bits per heavy atom. The molecule has 0 aliphatic heterocycles. The molecule has 0 atom stereocenters. The number of carboxylic acids is 1. The van der Waals surface area contributed by atoms with Gasteiger partial charge in [0.05, 0.1) is 5.69 Å². The average molecular weight is 366 g/mol. The lowest BCUT2D eigenvalue weighted by atomic mass is 10.1. The van der Waals surface area contributed by atoms with Gasteiger partial charge in [-0.25, -0.2) is 22.7 Å². The minimum atomic E-state index is -1.45. The van der Waals surface area contributed by atoms with Gasteiger partial charge in [0, 0.05) is 17.7 Å². The molecule has 134 valence electrons.